The predicted octanol–water partition coefficient (Wildman–Crippen LogP) is 17.8. The average molecular weight is 967 g/mol. The van der Waals surface area contributed by atoms with Crippen molar-refractivity contribution in [3.8, 4) is 40.1 Å². The van der Waals surface area contributed by atoms with Crippen LogP contribution in [-0.4, -0.2) is 23.3 Å². The van der Waals surface area contributed by atoms with Crippen molar-refractivity contribution in [2.45, 2.75) is 62.3 Å². The van der Waals surface area contributed by atoms with Gasteiger partial charge in [0, 0.05) is 48.8 Å². The monoisotopic (exact) mass is 966 g/mol. The molecule has 0 radical (unpaired) electrons. The number of rotatable bonds is 5. The van der Waals surface area contributed by atoms with E-state index in [0.717, 1.165) is 171 Å². The zero-order valence-electron chi connectivity index (χ0n) is 43.8. The summed E-state index contributed by atoms with van der Waals surface area (Å²) >= 11 is 0. The number of pyridine rings is 1. The summed E-state index contributed by atoms with van der Waals surface area (Å²) in [5.41, 5.74) is 23.9. The van der Waals surface area contributed by atoms with Gasteiger partial charge >= 0.3 is 0 Å². The van der Waals surface area contributed by atoms with Gasteiger partial charge in [0.25, 0.3) is 0 Å². The second-order valence-electron chi connectivity index (χ2n) is 21.4. The van der Waals surface area contributed by atoms with Crippen molar-refractivity contribution in [3.63, 3.8) is 0 Å². The van der Waals surface area contributed by atoms with E-state index in [2.05, 4.69) is 250 Å². The Labute approximate surface area is 435 Å². The van der Waals surface area contributed by atoms with Crippen LogP contribution in [0.15, 0.2) is 164 Å². The zero-order chi connectivity index (χ0) is 51.3. The molecule has 0 aliphatic carbocycles. The Balaban J connectivity index is 1.40. The molecule has 0 bridgehead atoms. The smallest absolute Gasteiger partial charge is 0.104 e. The summed E-state index contributed by atoms with van der Waals surface area (Å²) in [6, 6.07) is 63.9. The molecule has 0 unspecified atom stereocenters. The van der Waals surface area contributed by atoms with Crippen molar-refractivity contribution in [1.29, 1.82) is 5.26 Å². The van der Waals surface area contributed by atoms with Crippen LogP contribution in [0.25, 0.3) is 121 Å². The largest absolute Gasteiger partial charge is 0.306 e. The number of nitriles is 1. The summed E-state index contributed by atoms with van der Waals surface area (Å²) in [5, 5.41) is 22.0. The molecule has 0 N–H and O–H groups in total. The Morgan fingerprint density at radius 3 is 0.773 bits per heavy atom. The highest BCUT2D eigenvalue weighted by molar-refractivity contribution is 6.17. The number of aryl methyl sites for hydroxylation is 9. The summed E-state index contributed by atoms with van der Waals surface area (Å²) in [7, 11) is 0. The van der Waals surface area contributed by atoms with E-state index < -0.39 is 0 Å². The second kappa shape index (κ2) is 16.2. The van der Waals surface area contributed by atoms with Crippen LogP contribution in [0.4, 0.5) is 0 Å². The highest BCUT2D eigenvalue weighted by atomic mass is 15.1. The molecule has 5 heterocycles. The van der Waals surface area contributed by atoms with Crippen molar-refractivity contribution in [2.75, 3.05) is 0 Å². The van der Waals surface area contributed by atoms with Gasteiger partial charge in [-0.05, 0) is 167 Å². The van der Waals surface area contributed by atoms with Crippen molar-refractivity contribution < 1.29 is 0 Å². The predicted molar refractivity (Wildman–Crippen MR) is 314 cm³/mol. The molecule has 0 spiro atoms. The molecule has 0 saturated heterocycles. The molecule has 14 rings (SSSR count). The molecule has 14 aromatic rings. The maximum Gasteiger partial charge on any atom is 0.104 e. The summed E-state index contributed by atoms with van der Waals surface area (Å²) in [6.45, 7) is 19.5. The van der Waals surface area contributed by atoms with E-state index in [-0.39, 0.29) is 0 Å². The molecule has 75 heavy (non-hydrogen) atoms. The topological polar surface area (TPSA) is 56.4 Å². The van der Waals surface area contributed by atoms with Crippen molar-refractivity contribution in [3.05, 3.63) is 220 Å². The highest BCUT2D eigenvalue weighted by Crippen LogP contribution is 2.52. The molecule has 9 aromatic carbocycles. The van der Waals surface area contributed by atoms with Gasteiger partial charge in [0.2, 0.25) is 0 Å². The summed E-state index contributed by atoms with van der Waals surface area (Å²) in [4.78, 5) is 5.65. The quantitative estimate of drug-likeness (QED) is 0.173. The van der Waals surface area contributed by atoms with E-state index in [9.17, 15) is 5.26 Å². The van der Waals surface area contributed by atoms with Crippen LogP contribution in [0.1, 0.15) is 55.8 Å². The minimum Gasteiger partial charge on any atom is -0.306 e. The van der Waals surface area contributed by atoms with Crippen molar-refractivity contribution >= 4 is 87.2 Å². The summed E-state index contributed by atoms with van der Waals surface area (Å²) in [5.74, 6) is 0. The Morgan fingerprint density at radius 2 is 0.547 bits per heavy atom. The van der Waals surface area contributed by atoms with Crippen molar-refractivity contribution in [1.82, 2.24) is 23.3 Å². The average Bonchev–Trinajstić information content (AvgIpc) is 4.12. The van der Waals surface area contributed by atoms with Gasteiger partial charge in [-0.15, -0.1) is 0 Å². The third-order valence-electron chi connectivity index (χ3n) is 15.9. The molecule has 0 aliphatic rings. The van der Waals surface area contributed by atoms with E-state index in [1.165, 1.54) is 0 Å². The fraction of sp³-hybridized carbons (Fsp3) is 0.130. The van der Waals surface area contributed by atoms with Gasteiger partial charge in [0.05, 0.1) is 78.1 Å². The minimum absolute atomic E-state index is 0.547. The summed E-state index contributed by atoms with van der Waals surface area (Å²) in [6.07, 6.45) is 0. The van der Waals surface area contributed by atoms with Crippen LogP contribution < -0.4 is 0 Å². The van der Waals surface area contributed by atoms with Gasteiger partial charge in [-0.25, -0.2) is 0 Å². The third kappa shape index (κ3) is 6.47. The normalized spacial score (nSPS) is 12.1. The first-order valence-corrected chi connectivity index (χ1v) is 26.0. The van der Waals surface area contributed by atoms with Crippen molar-refractivity contribution in [2.24, 2.45) is 0 Å². The van der Waals surface area contributed by atoms with Crippen LogP contribution in [0.3, 0.4) is 0 Å². The van der Waals surface area contributed by atoms with E-state index in [1.54, 1.807) is 0 Å². The van der Waals surface area contributed by atoms with Gasteiger partial charge in [0.15, 0.2) is 0 Å². The van der Waals surface area contributed by atoms with Crippen LogP contribution in [0, 0.1) is 73.6 Å². The van der Waals surface area contributed by atoms with Crippen LogP contribution in [0.5, 0.6) is 0 Å². The lowest BCUT2D eigenvalue weighted by molar-refractivity contribution is 1.03. The molecule has 0 aliphatic heterocycles. The lowest BCUT2D eigenvalue weighted by atomic mass is 9.95. The molecule has 6 nitrogen and oxygen atoms in total. The first-order valence-electron chi connectivity index (χ1n) is 26.0. The number of hydrogen-bond acceptors (Lipinski definition) is 2. The van der Waals surface area contributed by atoms with E-state index in [0.29, 0.717) is 5.56 Å². The zero-order valence-corrected chi connectivity index (χ0v) is 43.8. The third-order valence-corrected chi connectivity index (χ3v) is 15.9. The second-order valence-corrected chi connectivity index (χ2v) is 21.4. The molecular formula is C69H54N6. The van der Waals surface area contributed by atoms with Gasteiger partial charge in [0.1, 0.15) is 11.6 Å². The van der Waals surface area contributed by atoms with Gasteiger partial charge < -0.3 is 18.3 Å². The van der Waals surface area contributed by atoms with Gasteiger partial charge in [-0.3, -0.25) is 4.98 Å². The number of hydrogen-bond donors (Lipinski definition) is 0. The lowest BCUT2D eigenvalue weighted by Gasteiger charge is -2.29. The first kappa shape index (κ1) is 44.5. The Kier molecular flexibility index (Phi) is 9.59. The molecule has 6 heteroatoms. The fourth-order valence-electron chi connectivity index (χ4n) is 12.5. The van der Waals surface area contributed by atoms with E-state index >= 15 is 0 Å². The maximum absolute atomic E-state index is 13.0. The lowest BCUT2D eigenvalue weighted by Crippen LogP contribution is -2.17. The standard InChI is InChI=1S/C69H54N6/c1-38-13-21-47-48-22-14-39(2)30-58(48)72(57(47)29-38)66-55(37-70)67(73-59-31-40(3)15-23-49(59)50-24-16-41(4)32-60(50)73)69(75-63-35-44(7)19-27-53(63)54-28-20-45(8)36-64(54)75)65(56-12-10-11-46(9)71-56)68(66)74-61-33-42(5)17-25-51(61)52-26-18-43(6)34-62(52)74/h10-36H,1-9H3. The molecule has 0 amide bonds. The molecular weight excluding hydrogens is 913 g/mol. The molecule has 0 atom stereocenters. The molecule has 360 valence electrons. The van der Waals surface area contributed by atoms with Gasteiger partial charge in [-0.1, -0.05) is 103 Å². The minimum atomic E-state index is 0.547. The first-order chi connectivity index (χ1) is 36.3. The van der Waals surface area contributed by atoms with Crippen LogP contribution in [0.2, 0.25) is 0 Å². The Hall–Kier alpha value is -9.18. The Bertz CT molecular complexity index is 4370. The van der Waals surface area contributed by atoms with E-state index in [1.807, 2.05) is 0 Å². The number of aromatic nitrogens is 5. The Morgan fingerprint density at radius 1 is 0.307 bits per heavy atom. The van der Waals surface area contributed by atoms with Crippen LogP contribution in [-0.2, 0) is 0 Å². The number of benzene rings is 9. The maximum atomic E-state index is 13.0. The molecule has 5 aromatic heterocycles. The number of fused-ring (bicyclic) bond motifs is 12. The number of nitrogens with zero attached hydrogens (tertiary/aromatic N) is 6. The molecule has 0 fully saturated rings. The highest BCUT2D eigenvalue weighted by Gasteiger charge is 2.35. The SMILES string of the molecule is Cc1ccc2c3ccc(C)cc3n(-c3c(C#N)c(-n4c5cc(C)ccc5c5ccc(C)cc54)c(-n4c5cc(C)ccc5c5ccc(C)cc54)c(-c4cccc(C)n4)c3-n3c4cc(C)ccc4c4ccc(C)cc43)c2c1. The fourth-order valence-corrected chi connectivity index (χ4v) is 12.5. The summed E-state index contributed by atoms with van der Waals surface area (Å²) < 4.78 is 9.83. The van der Waals surface area contributed by atoms with Crippen LogP contribution >= 0.6 is 0 Å². The molecule has 0 saturated carbocycles. The van der Waals surface area contributed by atoms with Gasteiger partial charge in [-0.2, -0.15) is 5.26 Å². The van der Waals surface area contributed by atoms with E-state index in [4.69, 9.17) is 4.98 Å².